The molecule has 0 aliphatic rings. The average Bonchev–Trinajstić information content (AvgIpc) is 2.95. The van der Waals surface area contributed by atoms with Gasteiger partial charge >= 0.3 is 11.9 Å². The molecule has 0 spiro atoms. The van der Waals surface area contributed by atoms with Crippen LogP contribution in [0.2, 0.25) is 0 Å². The van der Waals surface area contributed by atoms with Crippen molar-refractivity contribution in [2.24, 2.45) is 0 Å². The lowest BCUT2D eigenvalue weighted by molar-refractivity contribution is -0.146. The second-order valence-corrected chi connectivity index (χ2v) is 12.1. The molecule has 0 saturated heterocycles. The molecule has 4 nitrogen and oxygen atoms in total. The molecule has 40 heavy (non-hydrogen) atoms. The fraction of sp³-hybridized carbons (Fsp3) is 0.944. The van der Waals surface area contributed by atoms with E-state index in [-0.39, 0.29) is 11.9 Å². The summed E-state index contributed by atoms with van der Waals surface area (Å²) in [7, 11) is 0. The topological polar surface area (TPSA) is 52.6 Å². The number of unbranched alkanes of at least 4 members (excludes halogenated alkanes) is 25. The van der Waals surface area contributed by atoms with Crippen molar-refractivity contribution < 1.29 is 19.1 Å². The SMILES string of the molecule is CCCCCCCCCCCCCCCCCCOC(=O)CCCCC(=O)OCCCCCCCCCCCC. The van der Waals surface area contributed by atoms with Crippen LogP contribution in [0.25, 0.3) is 0 Å². The normalized spacial score (nSPS) is 11.2. The highest BCUT2D eigenvalue weighted by Crippen LogP contribution is 2.14. The lowest BCUT2D eigenvalue weighted by Crippen LogP contribution is -2.08. The summed E-state index contributed by atoms with van der Waals surface area (Å²) >= 11 is 0. The fourth-order valence-corrected chi connectivity index (χ4v) is 5.29. The predicted molar refractivity (Wildman–Crippen MR) is 172 cm³/mol. The number of carbonyl (C=O) groups is 2. The van der Waals surface area contributed by atoms with Crippen LogP contribution in [0.4, 0.5) is 0 Å². The van der Waals surface area contributed by atoms with Crippen LogP contribution in [0.1, 0.15) is 206 Å². The highest BCUT2D eigenvalue weighted by atomic mass is 16.5. The van der Waals surface area contributed by atoms with Crippen molar-refractivity contribution in [3.63, 3.8) is 0 Å². The highest BCUT2D eigenvalue weighted by molar-refractivity contribution is 5.70. The Balaban J connectivity index is 3.25. The quantitative estimate of drug-likeness (QED) is 0.0585. The fourth-order valence-electron chi connectivity index (χ4n) is 5.29. The lowest BCUT2D eigenvalue weighted by Gasteiger charge is -2.06. The smallest absolute Gasteiger partial charge is 0.305 e. The van der Waals surface area contributed by atoms with Crippen LogP contribution < -0.4 is 0 Å². The zero-order valence-electron chi connectivity index (χ0n) is 27.3. The predicted octanol–water partition coefficient (Wildman–Crippen LogP) is 11.8. The Morgan fingerprint density at radius 2 is 0.550 bits per heavy atom. The summed E-state index contributed by atoms with van der Waals surface area (Å²) in [6, 6.07) is 0. The Morgan fingerprint density at radius 1 is 0.325 bits per heavy atom. The van der Waals surface area contributed by atoms with Crippen molar-refractivity contribution in [3.05, 3.63) is 0 Å². The maximum Gasteiger partial charge on any atom is 0.305 e. The van der Waals surface area contributed by atoms with Crippen molar-refractivity contribution >= 4 is 11.9 Å². The summed E-state index contributed by atoms with van der Waals surface area (Å²) in [6.45, 7) is 5.62. The molecule has 0 radical (unpaired) electrons. The molecule has 0 N–H and O–H groups in total. The minimum atomic E-state index is -0.127. The molecule has 0 aliphatic carbocycles. The number of rotatable bonds is 33. The largest absolute Gasteiger partial charge is 0.466 e. The lowest BCUT2D eigenvalue weighted by atomic mass is 10.0. The molecular weight excluding hydrogens is 496 g/mol. The van der Waals surface area contributed by atoms with Gasteiger partial charge in [-0.25, -0.2) is 0 Å². The Bertz CT molecular complexity index is 519. The van der Waals surface area contributed by atoms with E-state index in [1.54, 1.807) is 0 Å². The molecule has 238 valence electrons. The van der Waals surface area contributed by atoms with Gasteiger partial charge in [0.15, 0.2) is 0 Å². The summed E-state index contributed by atoms with van der Waals surface area (Å²) in [4.78, 5) is 23.7. The van der Waals surface area contributed by atoms with Crippen LogP contribution in [-0.4, -0.2) is 25.2 Å². The summed E-state index contributed by atoms with van der Waals surface area (Å²) in [5, 5.41) is 0. The maximum absolute atomic E-state index is 11.9. The third-order valence-electron chi connectivity index (χ3n) is 8.03. The number of ether oxygens (including phenoxy) is 2. The molecule has 0 atom stereocenters. The molecule has 0 aromatic heterocycles. The van der Waals surface area contributed by atoms with Crippen molar-refractivity contribution in [1.29, 1.82) is 0 Å². The minimum absolute atomic E-state index is 0.125. The van der Waals surface area contributed by atoms with Crippen molar-refractivity contribution in [2.75, 3.05) is 13.2 Å². The van der Waals surface area contributed by atoms with Gasteiger partial charge in [-0.15, -0.1) is 0 Å². The van der Waals surface area contributed by atoms with E-state index in [0.717, 1.165) is 25.7 Å². The van der Waals surface area contributed by atoms with Gasteiger partial charge in [0.2, 0.25) is 0 Å². The van der Waals surface area contributed by atoms with Gasteiger partial charge in [-0.1, -0.05) is 168 Å². The first-order valence-corrected chi connectivity index (χ1v) is 18.0. The van der Waals surface area contributed by atoms with Gasteiger partial charge in [0.1, 0.15) is 0 Å². The van der Waals surface area contributed by atoms with E-state index in [2.05, 4.69) is 13.8 Å². The molecule has 0 aromatic rings. The number of hydrogen-bond donors (Lipinski definition) is 0. The number of carbonyl (C=O) groups excluding carboxylic acids is 2. The Kier molecular flexibility index (Phi) is 33.2. The zero-order chi connectivity index (χ0) is 29.2. The standard InChI is InChI=1S/C36H70O4/c1-3-5-7-9-11-13-15-16-17-18-19-20-22-24-26-30-34-40-36(38)32-28-27-31-35(37)39-33-29-25-23-21-14-12-10-8-6-4-2/h3-34H2,1-2H3. The van der Waals surface area contributed by atoms with E-state index in [9.17, 15) is 9.59 Å². The summed E-state index contributed by atoms with van der Waals surface area (Å²) in [5.41, 5.74) is 0. The molecule has 0 saturated carbocycles. The molecule has 0 amide bonds. The van der Waals surface area contributed by atoms with E-state index in [0.29, 0.717) is 38.9 Å². The monoisotopic (exact) mass is 567 g/mol. The number of hydrogen-bond acceptors (Lipinski definition) is 4. The first-order chi connectivity index (χ1) is 19.7. The van der Waals surface area contributed by atoms with Crippen LogP contribution in [-0.2, 0) is 19.1 Å². The highest BCUT2D eigenvalue weighted by Gasteiger charge is 2.06. The van der Waals surface area contributed by atoms with Gasteiger partial charge in [-0.05, 0) is 25.7 Å². The maximum atomic E-state index is 11.9. The van der Waals surface area contributed by atoms with Crippen molar-refractivity contribution in [2.45, 2.75) is 206 Å². The second-order valence-electron chi connectivity index (χ2n) is 12.1. The molecule has 0 bridgehead atoms. The Hall–Kier alpha value is -1.06. The van der Waals surface area contributed by atoms with Crippen LogP contribution in [0, 0.1) is 0 Å². The van der Waals surface area contributed by atoms with Crippen molar-refractivity contribution in [1.82, 2.24) is 0 Å². The van der Waals surface area contributed by atoms with Gasteiger partial charge in [0.05, 0.1) is 13.2 Å². The summed E-state index contributed by atoms with van der Waals surface area (Å²) < 4.78 is 10.7. The first kappa shape index (κ1) is 38.9. The third-order valence-corrected chi connectivity index (χ3v) is 8.03. The van der Waals surface area contributed by atoms with Crippen LogP contribution >= 0.6 is 0 Å². The van der Waals surface area contributed by atoms with Crippen LogP contribution in [0.5, 0.6) is 0 Å². The van der Waals surface area contributed by atoms with E-state index >= 15 is 0 Å². The van der Waals surface area contributed by atoms with Gasteiger partial charge in [0.25, 0.3) is 0 Å². The molecule has 0 aromatic carbocycles. The van der Waals surface area contributed by atoms with E-state index in [4.69, 9.17) is 9.47 Å². The Labute approximate surface area is 250 Å². The van der Waals surface area contributed by atoms with E-state index < -0.39 is 0 Å². The average molecular weight is 567 g/mol. The van der Waals surface area contributed by atoms with Crippen molar-refractivity contribution in [3.8, 4) is 0 Å². The molecule has 0 fully saturated rings. The van der Waals surface area contributed by atoms with E-state index in [1.165, 1.54) is 141 Å². The van der Waals surface area contributed by atoms with Gasteiger partial charge in [0, 0.05) is 12.8 Å². The molecule has 0 aliphatic heterocycles. The van der Waals surface area contributed by atoms with E-state index in [1.807, 2.05) is 0 Å². The van der Waals surface area contributed by atoms with Gasteiger partial charge < -0.3 is 9.47 Å². The van der Waals surface area contributed by atoms with Crippen LogP contribution in [0.15, 0.2) is 0 Å². The molecular formula is C36H70O4. The zero-order valence-corrected chi connectivity index (χ0v) is 27.3. The summed E-state index contributed by atoms with van der Waals surface area (Å²) in [5.74, 6) is -0.253. The molecule has 0 heterocycles. The minimum Gasteiger partial charge on any atom is -0.466 e. The van der Waals surface area contributed by atoms with Gasteiger partial charge in [-0.2, -0.15) is 0 Å². The Morgan fingerprint density at radius 3 is 0.800 bits per heavy atom. The summed E-state index contributed by atoms with van der Waals surface area (Å²) in [6.07, 6.45) is 36.5. The molecule has 0 unspecified atom stereocenters. The first-order valence-electron chi connectivity index (χ1n) is 18.0. The second kappa shape index (κ2) is 34.1. The molecule has 0 rings (SSSR count). The molecule has 4 heteroatoms. The van der Waals surface area contributed by atoms with Gasteiger partial charge in [-0.3, -0.25) is 9.59 Å². The third kappa shape index (κ3) is 33.1. The number of esters is 2. The van der Waals surface area contributed by atoms with Crippen LogP contribution in [0.3, 0.4) is 0 Å².